The minimum atomic E-state index is -1.33. The molecule has 0 bridgehead atoms. The number of rotatable bonds is 5. The third-order valence-corrected chi connectivity index (χ3v) is 4.34. The summed E-state index contributed by atoms with van der Waals surface area (Å²) in [5.74, 6) is -0.648. The van der Waals surface area contributed by atoms with Crippen LogP contribution in [-0.4, -0.2) is 29.1 Å². The van der Waals surface area contributed by atoms with Gasteiger partial charge in [-0.3, -0.25) is 20.4 Å². The fraction of sp³-hybridized carbons (Fsp3) is 0.529. The van der Waals surface area contributed by atoms with E-state index < -0.39 is 24.0 Å². The van der Waals surface area contributed by atoms with Crippen LogP contribution in [-0.2, 0) is 4.79 Å². The lowest BCUT2D eigenvalue weighted by molar-refractivity contribution is -0.131. The van der Waals surface area contributed by atoms with E-state index in [1.807, 2.05) is 0 Å². The summed E-state index contributed by atoms with van der Waals surface area (Å²) in [6.07, 6.45) is 5.13. The Morgan fingerprint density at radius 2 is 1.78 bits per heavy atom. The number of hydrazine groups is 1. The maximum atomic E-state index is 11.9. The highest BCUT2D eigenvalue weighted by atomic mass is 16.3. The standard InChI is InChI=1S/C17H25N3O3/c18-14(11-12-7-3-1-4-8-12)15(21)17(23)20-19-16(22)13-9-5-2-6-10-13/h2,5-6,9-10,12,14-15,21H,1,3-4,7-8,11,18H2,(H,19,22)(H,20,23)/t14-,15?/m1/s1. The molecule has 6 nitrogen and oxygen atoms in total. The molecule has 1 saturated carbocycles. The van der Waals surface area contributed by atoms with Crippen molar-refractivity contribution in [3.63, 3.8) is 0 Å². The maximum absolute atomic E-state index is 11.9. The van der Waals surface area contributed by atoms with Crippen LogP contribution in [0.2, 0.25) is 0 Å². The Morgan fingerprint density at radius 1 is 1.13 bits per heavy atom. The Kier molecular flexibility index (Phi) is 6.55. The van der Waals surface area contributed by atoms with Crippen molar-refractivity contribution in [1.29, 1.82) is 0 Å². The van der Waals surface area contributed by atoms with Crippen LogP contribution >= 0.6 is 0 Å². The SMILES string of the molecule is N[C@H](CC1CCCCC1)C(O)C(=O)NNC(=O)c1ccccc1. The van der Waals surface area contributed by atoms with Crippen molar-refractivity contribution < 1.29 is 14.7 Å². The van der Waals surface area contributed by atoms with E-state index in [4.69, 9.17) is 5.73 Å². The van der Waals surface area contributed by atoms with Crippen molar-refractivity contribution >= 4 is 11.8 Å². The van der Waals surface area contributed by atoms with Gasteiger partial charge in [0.25, 0.3) is 11.8 Å². The fourth-order valence-corrected chi connectivity index (χ4v) is 2.99. The van der Waals surface area contributed by atoms with E-state index in [-0.39, 0.29) is 0 Å². The molecule has 0 radical (unpaired) electrons. The minimum absolute atomic E-state index is 0.425. The maximum Gasteiger partial charge on any atom is 0.269 e. The third kappa shape index (κ3) is 5.33. The first-order chi connectivity index (χ1) is 11.1. The molecule has 2 rings (SSSR count). The van der Waals surface area contributed by atoms with Gasteiger partial charge in [0.05, 0.1) is 0 Å². The molecule has 0 heterocycles. The molecular formula is C17H25N3O3. The number of nitrogens with two attached hydrogens (primary N) is 1. The van der Waals surface area contributed by atoms with Gasteiger partial charge in [0.15, 0.2) is 0 Å². The van der Waals surface area contributed by atoms with Crippen LogP contribution < -0.4 is 16.6 Å². The van der Waals surface area contributed by atoms with E-state index in [1.54, 1.807) is 30.3 Å². The van der Waals surface area contributed by atoms with Crippen LogP contribution in [0.25, 0.3) is 0 Å². The van der Waals surface area contributed by atoms with Crippen LogP contribution in [0.15, 0.2) is 30.3 Å². The molecule has 1 fully saturated rings. The summed E-state index contributed by atoms with van der Waals surface area (Å²) in [6, 6.07) is 7.90. The van der Waals surface area contributed by atoms with Gasteiger partial charge < -0.3 is 10.8 Å². The summed E-state index contributed by atoms with van der Waals surface area (Å²) < 4.78 is 0. The first-order valence-corrected chi connectivity index (χ1v) is 8.17. The Bertz CT molecular complexity index is 515. The smallest absolute Gasteiger partial charge is 0.269 e. The fourth-order valence-electron chi connectivity index (χ4n) is 2.99. The molecule has 1 aliphatic rings. The zero-order valence-electron chi connectivity index (χ0n) is 13.2. The molecule has 1 aliphatic carbocycles. The first-order valence-electron chi connectivity index (χ1n) is 8.17. The summed E-state index contributed by atoms with van der Waals surface area (Å²) in [6.45, 7) is 0. The van der Waals surface area contributed by atoms with Crippen LogP contribution in [0.3, 0.4) is 0 Å². The van der Waals surface area contributed by atoms with Gasteiger partial charge in [0, 0.05) is 11.6 Å². The molecular weight excluding hydrogens is 294 g/mol. The number of hydrogen-bond donors (Lipinski definition) is 4. The highest BCUT2D eigenvalue weighted by Gasteiger charge is 2.26. The second kappa shape index (κ2) is 8.64. The van der Waals surface area contributed by atoms with Gasteiger partial charge in [-0.15, -0.1) is 0 Å². The summed E-state index contributed by atoms with van der Waals surface area (Å²) in [5.41, 5.74) is 10.9. The number of nitrogens with one attached hydrogen (secondary N) is 2. The number of aliphatic hydroxyl groups is 1. The van der Waals surface area contributed by atoms with Gasteiger partial charge in [-0.1, -0.05) is 50.3 Å². The van der Waals surface area contributed by atoms with Gasteiger partial charge in [0.2, 0.25) is 0 Å². The number of aliphatic hydroxyl groups excluding tert-OH is 1. The summed E-state index contributed by atoms with van der Waals surface area (Å²) in [7, 11) is 0. The van der Waals surface area contributed by atoms with Crippen LogP contribution in [0.5, 0.6) is 0 Å². The zero-order chi connectivity index (χ0) is 16.7. The molecule has 0 saturated heterocycles. The second-order valence-corrected chi connectivity index (χ2v) is 6.16. The molecule has 0 aromatic heterocycles. The largest absolute Gasteiger partial charge is 0.382 e. The molecule has 2 atom stereocenters. The predicted octanol–water partition coefficient (Wildman–Crippen LogP) is 1.11. The van der Waals surface area contributed by atoms with Crippen molar-refractivity contribution in [2.45, 2.75) is 50.7 Å². The van der Waals surface area contributed by atoms with Gasteiger partial charge in [-0.25, -0.2) is 0 Å². The number of carbonyl (C=O) groups is 2. The number of amides is 2. The molecule has 1 unspecified atom stereocenters. The number of carbonyl (C=O) groups excluding carboxylic acids is 2. The monoisotopic (exact) mass is 319 g/mol. The average molecular weight is 319 g/mol. The Hall–Kier alpha value is -1.92. The van der Waals surface area contributed by atoms with E-state index in [1.165, 1.54) is 19.3 Å². The Balaban J connectivity index is 1.76. The van der Waals surface area contributed by atoms with E-state index >= 15 is 0 Å². The van der Waals surface area contributed by atoms with E-state index in [2.05, 4.69) is 10.9 Å². The van der Waals surface area contributed by atoms with Crippen molar-refractivity contribution in [2.24, 2.45) is 11.7 Å². The molecule has 23 heavy (non-hydrogen) atoms. The minimum Gasteiger partial charge on any atom is -0.382 e. The van der Waals surface area contributed by atoms with E-state index in [9.17, 15) is 14.7 Å². The quantitative estimate of drug-likeness (QED) is 0.610. The molecule has 126 valence electrons. The van der Waals surface area contributed by atoms with Gasteiger partial charge in [-0.2, -0.15) is 0 Å². The summed E-state index contributed by atoms with van der Waals surface area (Å²) in [5, 5.41) is 10.0. The van der Waals surface area contributed by atoms with Crippen molar-refractivity contribution in [3.05, 3.63) is 35.9 Å². The van der Waals surface area contributed by atoms with E-state index in [0.717, 1.165) is 12.8 Å². The first kappa shape index (κ1) is 17.4. The highest BCUT2D eigenvalue weighted by molar-refractivity contribution is 5.95. The zero-order valence-corrected chi connectivity index (χ0v) is 13.2. The topological polar surface area (TPSA) is 104 Å². The lowest BCUT2D eigenvalue weighted by Crippen LogP contribution is -2.52. The van der Waals surface area contributed by atoms with Crippen LogP contribution in [0.1, 0.15) is 48.9 Å². The van der Waals surface area contributed by atoms with Crippen molar-refractivity contribution in [3.8, 4) is 0 Å². The highest BCUT2D eigenvalue weighted by Crippen LogP contribution is 2.27. The normalized spacial score (nSPS) is 18.0. The lowest BCUT2D eigenvalue weighted by atomic mass is 9.84. The number of benzene rings is 1. The molecule has 1 aromatic rings. The Morgan fingerprint density at radius 3 is 2.43 bits per heavy atom. The Labute approximate surface area is 136 Å². The average Bonchev–Trinajstić information content (AvgIpc) is 2.60. The summed E-state index contributed by atoms with van der Waals surface area (Å²) >= 11 is 0. The molecule has 0 aliphatic heterocycles. The molecule has 6 heteroatoms. The van der Waals surface area contributed by atoms with Gasteiger partial charge in [-0.05, 0) is 24.5 Å². The molecule has 5 N–H and O–H groups in total. The van der Waals surface area contributed by atoms with E-state index in [0.29, 0.717) is 17.9 Å². The van der Waals surface area contributed by atoms with Crippen molar-refractivity contribution in [2.75, 3.05) is 0 Å². The van der Waals surface area contributed by atoms with Gasteiger partial charge in [0.1, 0.15) is 6.10 Å². The molecule has 1 aromatic carbocycles. The van der Waals surface area contributed by atoms with Crippen LogP contribution in [0, 0.1) is 5.92 Å². The third-order valence-electron chi connectivity index (χ3n) is 4.34. The number of hydrogen-bond acceptors (Lipinski definition) is 4. The summed E-state index contributed by atoms with van der Waals surface area (Å²) in [4.78, 5) is 23.7. The molecule has 0 spiro atoms. The second-order valence-electron chi connectivity index (χ2n) is 6.16. The lowest BCUT2D eigenvalue weighted by Gasteiger charge is -2.26. The predicted molar refractivity (Wildman–Crippen MR) is 87.2 cm³/mol. The molecule has 2 amide bonds. The van der Waals surface area contributed by atoms with Gasteiger partial charge >= 0.3 is 0 Å². The van der Waals surface area contributed by atoms with Crippen LogP contribution in [0.4, 0.5) is 0 Å². The van der Waals surface area contributed by atoms with Crippen molar-refractivity contribution in [1.82, 2.24) is 10.9 Å².